The van der Waals surface area contributed by atoms with Crippen LogP contribution in [0.25, 0.3) is 10.7 Å². The topological polar surface area (TPSA) is 30.7 Å². The number of hydrogen-bond donors (Lipinski definition) is 0. The number of aromatic nitrogens is 3. The molecule has 3 nitrogen and oxygen atoms in total. The first-order valence-corrected chi connectivity index (χ1v) is 7.10. The molecule has 0 aliphatic rings. The van der Waals surface area contributed by atoms with E-state index < -0.39 is 0 Å². The standard InChI is InChI=1S/C15H15N3S/c1-11-6-7-12(2)18(11)9-13-10-19-15(17-13)14-5-3-4-8-16-14/h3-8,10H,9H2,1-2H3. The minimum absolute atomic E-state index is 0.827. The maximum Gasteiger partial charge on any atom is 0.142 e. The van der Waals surface area contributed by atoms with Crippen LogP contribution in [0, 0.1) is 13.8 Å². The lowest BCUT2D eigenvalue weighted by atomic mass is 10.3. The van der Waals surface area contributed by atoms with Crippen molar-refractivity contribution < 1.29 is 0 Å². The van der Waals surface area contributed by atoms with E-state index in [-0.39, 0.29) is 0 Å². The summed E-state index contributed by atoms with van der Waals surface area (Å²) in [5.74, 6) is 0. The van der Waals surface area contributed by atoms with Crippen LogP contribution < -0.4 is 0 Å². The Kier molecular flexibility index (Phi) is 3.17. The first-order valence-electron chi connectivity index (χ1n) is 6.22. The van der Waals surface area contributed by atoms with Gasteiger partial charge in [-0.05, 0) is 38.1 Å². The fourth-order valence-electron chi connectivity index (χ4n) is 2.10. The van der Waals surface area contributed by atoms with Crippen molar-refractivity contribution >= 4 is 11.3 Å². The molecule has 0 saturated carbocycles. The molecule has 0 saturated heterocycles. The molecule has 0 spiro atoms. The molecule has 0 fully saturated rings. The zero-order chi connectivity index (χ0) is 13.2. The molecular weight excluding hydrogens is 254 g/mol. The summed E-state index contributed by atoms with van der Waals surface area (Å²) in [6, 6.07) is 10.2. The molecule has 0 aromatic carbocycles. The van der Waals surface area contributed by atoms with Gasteiger partial charge in [0.2, 0.25) is 0 Å². The highest BCUT2D eigenvalue weighted by molar-refractivity contribution is 7.13. The van der Waals surface area contributed by atoms with Crippen molar-refractivity contribution in [3.8, 4) is 10.7 Å². The van der Waals surface area contributed by atoms with E-state index in [2.05, 4.69) is 45.9 Å². The Morgan fingerprint density at radius 3 is 2.58 bits per heavy atom. The lowest BCUT2D eigenvalue weighted by molar-refractivity contribution is 0.735. The zero-order valence-corrected chi connectivity index (χ0v) is 11.8. The third-order valence-electron chi connectivity index (χ3n) is 3.17. The van der Waals surface area contributed by atoms with Gasteiger partial charge in [-0.1, -0.05) is 6.07 Å². The van der Waals surface area contributed by atoms with Crippen LogP contribution in [0.3, 0.4) is 0 Å². The summed E-state index contributed by atoms with van der Waals surface area (Å²) in [5.41, 5.74) is 4.57. The molecule has 0 unspecified atom stereocenters. The molecule has 0 bridgehead atoms. The minimum Gasteiger partial charge on any atom is -0.343 e. The van der Waals surface area contributed by atoms with E-state index >= 15 is 0 Å². The molecule has 0 atom stereocenters. The van der Waals surface area contributed by atoms with Gasteiger partial charge in [0.25, 0.3) is 0 Å². The van der Waals surface area contributed by atoms with Crippen LogP contribution in [0.4, 0.5) is 0 Å². The average Bonchev–Trinajstić information content (AvgIpc) is 3.02. The fourth-order valence-corrected chi connectivity index (χ4v) is 2.88. The Labute approximate surface area is 116 Å². The third-order valence-corrected chi connectivity index (χ3v) is 4.09. The number of aryl methyl sites for hydroxylation is 2. The van der Waals surface area contributed by atoms with Crippen LogP contribution in [-0.4, -0.2) is 14.5 Å². The lowest BCUT2D eigenvalue weighted by Gasteiger charge is -2.06. The highest BCUT2D eigenvalue weighted by atomic mass is 32.1. The summed E-state index contributed by atoms with van der Waals surface area (Å²) < 4.78 is 2.28. The normalized spacial score (nSPS) is 10.8. The maximum atomic E-state index is 4.67. The number of thiazole rings is 1. The molecule has 3 aromatic heterocycles. The van der Waals surface area contributed by atoms with Gasteiger partial charge in [-0.3, -0.25) is 4.98 Å². The zero-order valence-electron chi connectivity index (χ0n) is 11.0. The number of rotatable bonds is 3. The van der Waals surface area contributed by atoms with Crippen molar-refractivity contribution in [1.29, 1.82) is 0 Å². The van der Waals surface area contributed by atoms with Gasteiger partial charge in [-0.25, -0.2) is 4.98 Å². The van der Waals surface area contributed by atoms with Crippen LogP contribution in [-0.2, 0) is 6.54 Å². The Bertz CT molecular complexity index is 663. The smallest absolute Gasteiger partial charge is 0.142 e. The van der Waals surface area contributed by atoms with Crippen molar-refractivity contribution in [2.24, 2.45) is 0 Å². The number of hydrogen-bond acceptors (Lipinski definition) is 3. The van der Waals surface area contributed by atoms with Crippen LogP contribution >= 0.6 is 11.3 Å². The van der Waals surface area contributed by atoms with Crippen LogP contribution in [0.2, 0.25) is 0 Å². The molecular formula is C15H15N3S. The van der Waals surface area contributed by atoms with Gasteiger partial charge in [0, 0.05) is 23.0 Å². The van der Waals surface area contributed by atoms with Gasteiger partial charge < -0.3 is 4.57 Å². The first-order chi connectivity index (χ1) is 9.24. The largest absolute Gasteiger partial charge is 0.343 e. The van der Waals surface area contributed by atoms with Gasteiger partial charge in [0.15, 0.2) is 0 Å². The third kappa shape index (κ3) is 2.44. The summed E-state index contributed by atoms with van der Waals surface area (Å²) >= 11 is 1.65. The van der Waals surface area contributed by atoms with Gasteiger partial charge >= 0.3 is 0 Å². The quantitative estimate of drug-likeness (QED) is 0.726. The van der Waals surface area contributed by atoms with Crippen molar-refractivity contribution in [3.63, 3.8) is 0 Å². The van der Waals surface area contributed by atoms with Crippen molar-refractivity contribution in [2.45, 2.75) is 20.4 Å². The summed E-state index contributed by atoms with van der Waals surface area (Å²) in [5, 5.41) is 3.10. The number of pyridine rings is 1. The molecule has 0 aliphatic heterocycles. The highest BCUT2D eigenvalue weighted by Gasteiger charge is 2.08. The lowest BCUT2D eigenvalue weighted by Crippen LogP contribution is -2.03. The second-order valence-electron chi connectivity index (χ2n) is 4.56. The Hall–Kier alpha value is -1.94. The fraction of sp³-hybridized carbons (Fsp3) is 0.200. The Morgan fingerprint density at radius 1 is 1.11 bits per heavy atom. The molecule has 4 heteroatoms. The molecule has 0 N–H and O–H groups in total. The van der Waals surface area contributed by atoms with Gasteiger partial charge in [0.05, 0.1) is 17.9 Å². The van der Waals surface area contributed by atoms with Gasteiger partial charge in [-0.15, -0.1) is 11.3 Å². The van der Waals surface area contributed by atoms with E-state index in [1.54, 1.807) is 17.5 Å². The molecule has 3 aromatic rings. The van der Waals surface area contributed by atoms with E-state index in [0.717, 1.165) is 22.9 Å². The van der Waals surface area contributed by atoms with Gasteiger partial charge in [-0.2, -0.15) is 0 Å². The van der Waals surface area contributed by atoms with Crippen LogP contribution in [0.1, 0.15) is 17.1 Å². The van der Waals surface area contributed by atoms with E-state index in [1.165, 1.54) is 11.4 Å². The van der Waals surface area contributed by atoms with Crippen molar-refractivity contribution in [1.82, 2.24) is 14.5 Å². The van der Waals surface area contributed by atoms with Crippen molar-refractivity contribution in [2.75, 3.05) is 0 Å². The molecule has 3 heterocycles. The second kappa shape index (κ2) is 4.97. The van der Waals surface area contributed by atoms with E-state index in [1.807, 2.05) is 18.2 Å². The van der Waals surface area contributed by atoms with E-state index in [4.69, 9.17) is 0 Å². The summed E-state index contributed by atoms with van der Waals surface area (Å²) in [7, 11) is 0. The van der Waals surface area contributed by atoms with Crippen LogP contribution in [0.15, 0.2) is 41.9 Å². The second-order valence-corrected chi connectivity index (χ2v) is 5.42. The Morgan fingerprint density at radius 2 is 1.89 bits per heavy atom. The molecule has 0 aliphatic carbocycles. The monoisotopic (exact) mass is 269 g/mol. The van der Waals surface area contributed by atoms with E-state index in [0.29, 0.717) is 0 Å². The van der Waals surface area contributed by atoms with E-state index in [9.17, 15) is 0 Å². The average molecular weight is 269 g/mol. The maximum absolute atomic E-state index is 4.67. The molecule has 3 rings (SSSR count). The molecule has 19 heavy (non-hydrogen) atoms. The predicted octanol–water partition coefficient (Wildman–Crippen LogP) is 3.67. The molecule has 0 amide bonds. The summed E-state index contributed by atoms with van der Waals surface area (Å²) in [4.78, 5) is 9.01. The SMILES string of the molecule is Cc1ccc(C)n1Cc1csc(-c2ccccn2)n1. The molecule has 0 radical (unpaired) electrons. The summed E-state index contributed by atoms with van der Waals surface area (Å²) in [6.45, 7) is 5.08. The van der Waals surface area contributed by atoms with Crippen molar-refractivity contribution in [3.05, 3.63) is 59.0 Å². The van der Waals surface area contributed by atoms with Gasteiger partial charge in [0.1, 0.15) is 5.01 Å². The minimum atomic E-state index is 0.827. The number of nitrogens with zero attached hydrogens (tertiary/aromatic N) is 3. The molecule has 96 valence electrons. The highest BCUT2D eigenvalue weighted by Crippen LogP contribution is 2.22. The Balaban J connectivity index is 1.87. The van der Waals surface area contributed by atoms with Crippen LogP contribution in [0.5, 0.6) is 0 Å². The first kappa shape index (κ1) is 12.1. The summed E-state index contributed by atoms with van der Waals surface area (Å²) in [6.07, 6.45) is 1.80. The predicted molar refractivity (Wildman–Crippen MR) is 78.4 cm³/mol.